The summed E-state index contributed by atoms with van der Waals surface area (Å²) in [4.78, 5) is 24.9. The number of urea groups is 1. The number of sulfonamides is 1. The third kappa shape index (κ3) is 3.90. The second kappa shape index (κ2) is 8.00. The Kier molecular flexibility index (Phi) is 5.24. The molecule has 1 heterocycles. The summed E-state index contributed by atoms with van der Waals surface area (Å²) < 4.78 is 27.0. The summed E-state index contributed by atoms with van der Waals surface area (Å²) in [6, 6.07) is 21.7. The van der Waals surface area contributed by atoms with Gasteiger partial charge in [0.15, 0.2) is 0 Å². The molecule has 0 bridgehead atoms. The van der Waals surface area contributed by atoms with Gasteiger partial charge in [0.1, 0.15) is 4.90 Å². The van der Waals surface area contributed by atoms with E-state index in [1.165, 1.54) is 18.2 Å². The van der Waals surface area contributed by atoms with E-state index in [4.69, 9.17) is 0 Å². The first-order valence-corrected chi connectivity index (χ1v) is 10.7. The number of benzene rings is 3. The van der Waals surface area contributed by atoms with Crippen LogP contribution in [0, 0.1) is 0 Å². The molecule has 7 nitrogen and oxygen atoms in total. The molecule has 30 heavy (non-hydrogen) atoms. The molecule has 152 valence electrons. The Morgan fingerprint density at radius 1 is 0.900 bits per heavy atom. The fourth-order valence-electron chi connectivity index (χ4n) is 3.17. The van der Waals surface area contributed by atoms with Crippen molar-refractivity contribution in [3.8, 4) is 0 Å². The Hall–Kier alpha value is -3.65. The second-order valence-electron chi connectivity index (χ2n) is 6.81. The highest BCUT2D eigenvalue weighted by atomic mass is 32.2. The maximum atomic E-state index is 13.1. The van der Waals surface area contributed by atoms with Crippen LogP contribution in [0.5, 0.6) is 0 Å². The van der Waals surface area contributed by atoms with E-state index in [1.54, 1.807) is 24.3 Å². The standard InChI is InChI=1S/C22H19N3O4S/c26-21(23-14-16-7-3-1-4-8-16)18-11-12-19-20(13-18)30(28,29)25(22(27)24-19)15-17-9-5-2-6-10-17/h1-13H,14-15H2,(H,23,26)(H,24,27). The normalized spacial score (nSPS) is 14.5. The van der Waals surface area contributed by atoms with Gasteiger partial charge in [0.25, 0.3) is 15.9 Å². The Morgan fingerprint density at radius 2 is 1.53 bits per heavy atom. The lowest BCUT2D eigenvalue weighted by molar-refractivity contribution is 0.0950. The number of nitrogens with one attached hydrogen (secondary N) is 2. The largest absolute Gasteiger partial charge is 0.348 e. The Balaban J connectivity index is 1.59. The first-order valence-electron chi connectivity index (χ1n) is 9.29. The van der Waals surface area contributed by atoms with Crippen LogP contribution < -0.4 is 10.6 Å². The molecule has 1 aliphatic heterocycles. The van der Waals surface area contributed by atoms with Crippen LogP contribution in [0.4, 0.5) is 10.5 Å². The zero-order valence-corrected chi connectivity index (χ0v) is 16.7. The van der Waals surface area contributed by atoms with E-state index in [9.17, 15) is 18.0 Å². The van der Waals surface area contributed by atoms with Gasteiger partial charge in [0.2, 0.25) is 0 Å². The molecule has 3 amide bonds. The number of amides is 3. The minimum atomic E-state index is -4.11. The predicted octanol–water partition coefficient (Wildman–Crippen LogP) is 3.35. The third-order valence-corrected chi connectivity index (χ3v) is 6.51. The Labute approximate surface area is 174 Å². The van der Waals surface area contributed by atoms with Gasteiger partial charge < -0.3 is 10.6 Å². The van der Waals surface area contributed by atoms with Crippen molar-refractivity contribution in [3.63, 3.8) is 0 Å². The quantitative estimate of drug-likeness (QED) is 0.660. The first-order chi connectivity index (χ1) is 14.4. The number of hydrogen-bond acceptors (Lipinski definition) is 4. The van der Waals surface area contributed by atoms with E-state index < -0.39 is 22.0 Å². The molecule has 0 unspecified atom stereocenters. The summed E-state index contributed by atoms with van der Waals surface area (Å²) in [5.74, 6) is -0.400. The van der Waals surface area contributed by atoms with Gasteiger partial charge in [-0.25, -0.2) is 17.5 Å². The molecule has 8 heteroatoms. The first kappa shape index (κ1) is 19.7. The second-order valence-corrected chi connectivity index (χ2v) is 8.64. The smallest absolute Gasteiger partial charge is 0.336 e. The van der Waals surface area contributed by atoms with Crippen LogP contribution in [0.2, 0.25) is 0 Å². The zero-order valence-electron chi connectivity index (χ0n) is 15.9. The lowest BCUT2D eigenvalue weighted by Crippen LogP contribution is -2.43. The van der Waals surface area contributed by atoms with Gasteiger partial charge in [0, 0.05) is 12.1 Å². The molecule has 4 rings (SSSR count). The molecule has 1 aliphatic rings. The van der Waals surface area contributed by atoms with E-state index in [0.29, 0.717) is 12.1 Å². The zero-order chi connectivity index (χ0) is 21.1. The van der Waals surface area contributed by atoms with Crippen LogP contribution in [0.25, 0.3) is 0 Å². The number of rotatable bonds is 5. The number of nitrogens with zero attached hydrogens (tertiary/aromatic N) is 1. The summed E-state index contributed by atoms with van der Waals surface area (Å²) in [6.07, 6.45) is 0. The Morgan fingerprint density at radius 3 is 2.20 bits per heavy atom. The van der Waals surface area contributed by atoms with Gasteiger partial charge >= 0.3 is 6.03 Å². The minimum Gasteiger partial charge on any atom is -0.348 e. The van der Waals surface area contributed by atoms with E-state index in [2.05, 4.69) is 10.6 Å². The summed E-state index contributed by atoms with van der Waals surface area (Å²) in [7, 11) is -4.11. The lowest BCUT2D eigenvalue weighted by atomic mass is 10.1. The molecule has 0 saturated carbocycles. The van der Waals surface area contributed by atoms with Crippen molar-refractivity contribution in [1.82, 2.24) is 9.62 Å². The van der Waals surface area contributed by atoms with Crippen molar-refractivity contribution in [3.05, 3.63) is 95.6 Å². The van der Waals surface area contributed by atoms with Gasteiger partial charge in [-0.1, -0.05) is 60.7 Å². The van der Waals surface area contributed by atoms with Crippen molar-refractivity contribution in [2.75, 3.05) is 5.32 Å². The molecule has 0 spiro atoms. The molecule has 0 atom stereocenters. The maximum absolute atomic E-state index is 13.1. The Bertz CT molecular complexity index is 1200. The number of carbonyl (C=O) groups excluding carboxylic acids is 2. The van der Waals surface area contributed by atoms with E-state index >= 15 is 0 Å². The van der Waals surface area contributed by atoms with Crippen LogP contribution in [0.1, 0.15) is 21.5 Å². The van der Waals surface area contributed by atoms with Crippen molar-refractivity contribution in [2.24, 2.45) is 0 Å². The van der Waals surface area contributed by atoms with Gasteiger partial charge in [-0.15, -0.1) is 0 Å². The molecule has 0 radical (unpaired) electrons. The fourth-order valence-corrected chi connectivity index (χ4v) is 4.67. The number of carbonyl (C=O) groups is 2. The molecule has 0 aliphatic carbocycles. The van der Waals surface area contributed by atoms with Crippen molar-refractivity contribution in [1.29, 1.82) is 0 Å². The third-order valence-electron chi connectivity index (χ3n) is 4.74. The highest BCUT2D eigenvalue weighted by molar-refractivity contribution is 7.90. The molecule has 3 aromatic rings. The number of anilines is 1. The SMILES string of the molecule is O=C(NCc1ccccc1)c1ccc2c(c1)S(=O)(=O)N(Cc1ccccc1)C(=O)N2. The monoisotopic (exact) mass is 421 g/mol. The predicted molar refractivity (Wildman–Crippen MR) is 112 cm³/mol. The highest BCUT2D eigenvalue weighted by Gasteiger charge is 2.37. The average Bonchev–Trinajstić information content (AvgIpc) is 2.76. The highest BCUT2D eigenvalue weighted by Crippen LogP contribution is 2.32. The molecule has 2 N–H and O–H groups in total. The lowest BCUT2D eigenvalue weighted by Gasteiger charge is -2.29. The van der Waals surface area contributed by atoms with E-state index in [0.717, 1.165) is 9.87 Å². The van der Waals surface area contributed by atoms with Crippen LogP contribution >= 0.6 is 0 Å². The van der Waals surface area contributed by atoms with Crippen LogP contribution in [-0.4, -0.2) is 24.7 Å². The van der Waals surface area contributed by atoms with Crippen molar-refractivity contribution in [2.45, 2.75) is 18.0 Å². The molecular weight excluding hydrogens is 402 g/mol. The van der Waals surface area contributed by atoms with Gasteiger partial charge in [0.05, 0.1) is 12.2 Å². The summed E-state index contributed by atoms with van der Waals surface area (Å²) in [6.45, 7) is 0.221. The van der Waals surface area contributed by atoms with Crippen LogP contribution in [0.15, 0.2) is 83.8 Å². The molecule has 0 fully saturated rings. The summed E-state index contributed by atoms with van der Waals surface area (Å²) >= 11 is 0. The summed E-state index contributed by atoms with van der Waals surface area (Å²) in [5, 5.41) is 5.36. The van der Waals surface area contributed by atoms with Crippen molar-refractivity contribution < 1.29 is 18.0 Å². The van der Waals surface area contributed by atoms with Gasteiger partial charge in [-0.2, -0.15) is 0 Å². The maximum Gasteiger partial charge on any atom is 0.336 e. The van der Waals surface area contributed by atoms with E-state index in [1.807, 2.05) is 36.4 Å². The topological polar surface area (TPSA) is 95.6 Å². The van der Waals surface area contributed by atoms with E-state index in [-0.39, 0.29) is 22.7 Å². The summed E-state index contributed by atoms with van der Waals surface area (Å²) in [5.41, 5.74) is 1.96. The average molecular weight is 421 g/mol. The van der Waals surface area contributed by atoms with Gasteiger partial charge in [-0.05, 0) is 29.3 Å². The number of fused-ring (bicyclic) bond motifs is 1. The molecule has 0 aromatic heterocycles. The molecular formula is C22H19N3O4S. The van der Waals surface area contributed by atoms with Crippen LogP contribution in [0.3, 0.4) is 0 Å². The van der Waals surface area contributed by atoms with Crippen LogP contribution in [-0.2, 0) is 23.1 Å². The minimum absolute atomic E-state index is 0.0983. The fraction of sp³-hybridized carbons (Fsp3) is 0.0909. The number of hydrogen-bond donors (Lipinski definition) is 2. The molecule has 0 saturated heterocycles. The molecule has 3 aromatic carbocycles. The van der Waals surface area contributed by atoms with Gasteiger partial charge in [-0.3, -0.25) is 4.79 Å². The van der Waals surface area contributed by atoms with Crippen molar-refractivity contribution >= 4 is 27.6 Å².